The highest BCUT2D eigenvalue weighted by atomic mass is 19.4. The Kier molecular flexibility index (Phi) is 4.84. The van der Waals surface area contributed by atoms with Crippen LogP contribution in [0.15, 0.2) is 24.4 Å². The highest BCUT2D eigenvalue weighted by molar-refractivity contribution is 5.99. The van der Waals surface area contributed by atoms with Crippen molar-refractivity contribution in [1.82, 2.24) is 9.97 Å². The Morgan fingerprint density at radius 2 is 2.11 bits per heavy atom. The van der Waals surface area contributed by atoms with Crippen molar-refractivity contribution in [3.63, 3.8) is 0 Å². The van der Waals surface area contributed by atoms with Crippen LogP contribution in [0.3, 0.4) is 0 Å². The van der Waals surface area contributed by atoms with E-state index >= 15 is 0 Å². The number of carboxylic acids is 1. The summed E-state index contributed by atoms with van der Waals surface area (Å²) in [5.41, 5.74) is 0.829. The Balaban J connectivity index is 1.82. The Hall–Kier alpha value is -3.37. The van der Waals surface area contributed by atoms with Gasteiger partial charge in [-0.25, -0.2) is 4.98 Å². The molecule has 3 rings (SSSR count). The first-order valence-electron chi connectivity index (χ1n) is 7.82. The minimum absolute atomic E-state index is 0.0990. The number of hydrogen-bond acceptors (Lipinski definition) is 6. The van der Waals surface area contributed by atoms with Crippen molar-refractivity contribution in [2.24, 2.45) is 0 Å². The van der Waals surface area contributed by atoms with E-state index in [1.54, 1.807) is 18.2 Å². The SMILES string of the molecule is O=C(O)CCNc1nc(Nc2ccc3c(c2)CC(=O)N3)ncc1C(F)(F)F. The Morgan fingerprint density at radius 1 is 1.33 bits per heavy atom. The maximum Gasteiger partial charge on any atom is 0.421 e. The Morgan fingerprint density at radius 3 is 2.81 bits per heavy atom. The fraction of sp³-hybridized carbons (Fsp3) is 0.250. The number of carboxylic acid groups (broad SMARTS) is 1. The summed E-state index contributed by atoms with van der Waals surface area (Å²) >= 11 is 0. The van der Waals surface area contributed by atoms with Crippen LogP contribution >= 0.6 is 0 Å². The van der Waals surface area contributed by atoms with Gasteiger partial charge in [-0.1, -0.05) is 0 Å². The number of nitrogens with one attached hydrogen (secondary N) is 3. The van der Waals surface area contributed by atoms with Gasteiger partial charge >= 0.3 is 12.1 Å². The number of anilines is 4. The first kappa shape index (κ1) is 18.4. The van der Waals surface area contributed by atoms with E-state index in [2.05, 4.69) is 25.9 Å². The third-order valence-electron chi connectivity index (χ3n) is 3.71. The number of aromatic nitrogens is 2. The molecule has 0 spiro atoms. The van der Waals surface area contributed by atoms with E-state index in [9.17, 15) is 22.8 Å². The quantitative estimate of drug-likeness (QED) is 0.608. The molecule has 0 saturated heterocycles. The molecule has 142 valence electrons. The minimum Gasteiger partial charge on any atom is -0.481 e. The second-order valence-corrected chi connectivity index (χ2v) is 5.75. The van der Waals surface area contributed by atoms with Crippen LogP contribution in [0, 0.1) is 0 Å². The largest absolute Gasteiger partial charge is 0.481 e. The highest BCUT2D eigenvalue weighted by Gasteiger charge is 2.35. The van der Waals surface area contributed by atoms with Gasteiger partial charge in [0.15, 0.2) is 0 Å². The molecule has 27 heavy (non-hydrogen) atoms. The van der Waals surface area contributed by atoms with Crippen LogP contribution in [0.2, 0.25) is 0 Å². The molecule has 11 heteroatoms. The van der Waals surface area contributed by atoms with Gasteiger partial charge < -0.3 is 21.1 Å². The second-order valence-electron chi connectivity index (χ2n) is 5.75. The number of carbonyl (C=O) groups excluding carboxylic acids is 1. The average Bonchev–Trinajstić information content (AvgIpc) is 2.93. The number of nitrogens with zero attached hydrogens (tertiary/aromatic N) is 2. The maximum absolute atomic E-state index is 13.1. The molecule has 2 aromatic rings. The molecule has 0 atom stereocenters. The summed E-state index contributed by atoms with van der Waals surface area (Å²) in [6.07, 6.45) is -4.23. The van der Waals surface area contributed by atoms with Crippen LogP contribution in [0.5, 0.6) is 0 Å². The number of aliphatic carboxylic acids is 1. The summed E-state index contributed by atoms with van der Waals surface area (Å²) < 4.78 is 39.3. The summed E-state index contributed by atoms with van der Waals surface area (Å²) in [5, 5.41) is 16.5. The van der Waals surface area contributed by atoms with Gasteiger partial charge in [-0.05, 0) is 23.8 Å². The molecule has 1 amide bonds. The predicted molar refractivity (Wildman–Crippen MR) is 89.8 cm³/mol. The van der Waals surface area contributed by atoms with Crippen molar-refractivity contribution in [2.75, 3.05) is 22.5 Å². The van der Waals surface area contributed by atoms with Crippen molar-refractivity contribution >= 4 is 35.0 Å². The maximum atomic E-state index is 13.1. The zero-order valence-electron chi connectivity index (χ0n) is 13.7. The first-order chi connectivity index (χ1) is 12.7. The van der Waals surface area contributed by atoms with Gasteiger partial charge in [-0.3, -0.25) is 9.59 Å². The number of halogens is 3. The molecule has 0 fully saturated rings. The molecule has 1 aromatic heterocycles. The van der Waals surface area contributed by atoms with Crippen LogP contribution in [0.1, 0.15) is 17.5 Å². The third-order valence-corrected chi connectivity index (χ3v) is 3.71. The van der Waals surface area contributed by atoms with E-state index in [0.29, 0.717) is 17.6 Å². The molecule has 0 aliphatic carbocycles. The summed E-state index contributed by atoms with van der Waals surface area (Å²) in [4.78, 5) is 29.4. The smallest absolute Gasteiger partial charge is 0.421 e. The van der Waals surface area contributed by atoms with Gasteiger partial charge in [0, 0.05) is 24.1 Å². The molecular weight excluding hydrogens is 367 g/mol. The molecule has 8 nitrogen and oxygen atoms in total. The van der Waals surface area contributed by atoms with Gasteiger partial charge in [0.25, 0.3) is 0 Å². The molecule has 1 aliphatic heterocycles. The number of carbonyl (C=O) groups is 2. The normalized spacial score (nSPS) is 13.1. The number of amides is 1. The lowest BCUT2D eigenvalue weighted by Crippen LogP contribution is -2.16. The molecule has 4 N–H and O–H groups in total. The van der Waals surface area contributed by atoms with Gasteiger partial charge in [-0.2, -0.15) is 18.2 Å². The Bertz CT molecular complexity index is 901. The van der Waals surface area contributed by atoms with E-state index < -0.39 is 23.5 Å². The van der Waals surface area contributed by atoms with Gasteiger partial charge in [0.2, 0.25) is 11.9 Å². The predicted octanol–water partition coefficient (Wildman–Crippen LogP) is 2.62. The lowest BCUT2D eigenvalue weighted by atomic mass is 10.1. The van der Waals surface area contributed by atoms with Crippen LogP contribution in [0.4, 0.5) is 36.3 Å². The number of hydrogen-bond donors (Lipinski definition) is 4. The standard InChI is InChI=1S/C16H14F3N5O3/c17-16(18,19)10-7-21-15(24-14(10)20-4-3-13(26)27)22-9-1-2-11-8(5-9)6-12(25)23-11/h1-2,5,7H,3-4,6H2,(H,23,25)(H,26,27)(H2,20,21,22,24). The van der Waals surface area contributed by atoms with Crippen molar-refractivity contribution in [3.8, 4) is 0 Å². The molecule has 1 aliphatic rings. The van der Waals surface area contributed by atoms with Crippen LogP contribution in [-0.4, -0.2) is 33.5 Å². The van der Waals surface area contributed by atoms with Gasteiger partial charge in [0.1, 0.15) is 11.4 Å². The molecule has 0 saturated carbocycles. The van der Waals surface area contributed by atoms with Crippen molar-refractivity contribution < 1.29 is 27.9 Å². The number of benzene rings is 1. The summed E-state index contributed by atoms with van der Waals surface area (Å²) in [5.74, 6) is -1.90. The number of fused-ring (bicyclic) bond motifs is 1. The fourth-order valence-corrected chi connectivity index (χ4v) is 2.51. The lowest BCUT2D eigenvalue weighted by Gasteiger charge is -2.14. The second kappa shape index (κ2) is 7.09. The molecule has 0 bridgehead atoms. The highest BCUT2D eigenvalue weighted by Crippen LogP contribution is 2.34. The zero-order valence-corrected chi connectivity index (χ0v) is 13.7. The topological polar surface area (TPSA) is 116 Å². The molecular formula is C16H14F3N5O3. The third kappa shape index (κ3) is 4.43. The lowest BCUT2D eigenvalue weighted by molar-refractivity contribution is -0.137. The summed E-state index contributed by atoms with van der Waals surface area (Å²) in [6, 6.07) is 4.97. The van der Waals surface area contributed by atoms with Crippen LogP contribution in [-0.2, 0) is 22.2 Å². The molecule has 0 radical (unpaired) electrons. The summed E-state index contributed by atoms with van der Waals surface area (Å²) in [7, 11) is 0. The van der Waals surface area contributed by atoms with Gasteiger partial charge in [0.05, 0.1) is 12.8 Å². The van der Waals surface area contributed by atoms with E-state index in [1.807, 2.05) is 0 Å². The molecule has 1 aromatic carbocycles. The van der Waals surface area contributed by atoms with Gasteiger partial charge in [-0.15, -0.1) is 0 Å². The molecule has 2 heterocycles. The number of rotatable bonds is 6. The van der Waals surface area contributed by atoms with E-state index in [4.69, 9.17) is 5.11 Å². The van der Waals surface area contributed by atoms with E-state index in [-0.39, 0.29) is 31.2 Å². The monoisotopic (exact) mass is 381 g/mol. The van der Waals surface area contributed by atoms with E-state index in [0.717, 1.165) is 5.56 Å². The first-order valence-corrected chi connectivity index (χ1v) is 7.82. The fourth-order valence-electron chi connectivity index (χ4n) is 2.51. The van der Waals surface area contributed by atoms with Crippen LogP contribution < -0.4 is 16.0 Å². The minimum atomic E-state index is -4.69. The van der Waals surface area contributed by atoms with Crippen molar-refractivity contribution in [1.29, 1.82) is 0 Å². The Labute approximate surface area is 150 Å². The van der Waals surface area contributed by atoms with Crippen LogP contribution in [0.25, 0.3) is 0 Å². The summed E-state index contributed by atoms with van der Waals surface area (Å²) in [6.45, 7) is -0.221. The number of alkyl halides is 3. The molecule has 0 unspecified atom stereocenters. The zero-order chi connectivity index (χ0) is 19.6. The van der Waals surface area contributed by atoms with Crippen molar-refractivity contribution in [2.45, 2.75) is 19.0 Å². The van der Waals surface area contributed by atoms with Crippen molar-refractivity contribution in [3.05, 3.63) is 35.5 Å². The van der Waals surface area contributed by atoms with E-state index in [1.165, 1.54) is 0 Å². The average molecular weight is 381 g/mol.